The Morgan fingerprint density at radius 3 is 2.38 bits per heavy atom. The van der Waals surface area contributed by atoms with E-state index in [1.54, 1.807) is 17.9 Å². The number of carbonyl (C=O) groups is 2. The summed E-state index contributed by atoms with van der Waals surface area (Å²) in [4.78, 5) is 33.6. The fourth-order valence-corrected chi connectivity index (χ4v) is 4.41. The summed E-state index contributed by atoms with van der Waals surface area (Å²) in [5, 5.41) is 3.48. The molecule has 1 aliphatic rings. The molecule has 1 aromatic heterocycles. The maximum atomic E-state index is 14.7. The van der Waals surface area contributed by atoms with Crippen molar-refractivity contribution in [2.24, 2.45) is 0 Å². The summed E-state index contributed by atoms with van der Waals surface area (Å²) in [6.45, 7) is 11.5. The van der Waals surface area contributed by atoms with Crippen LogP contribution >= 0.6 is 0 Å². The molecule has 0 unspecified atom stereocenters. The lowest BCUT2D eigenvalue weighted by Gasteiger charge is -2.37. The van der Waals surface area contributed by atoms with Crippen LogP contribution in [-0.2, 0) is 9.47 Å². The van der Waals surface area contributed by atoms with E-state index in [0.717, 1.165) is 17.8 Å². The quantitative estimate of drug-likeness (QED) is 0.360. The lowest BCUT2D eigenvalue weighted by Crippen LogP contribution is -2.50. The van der Waals surface area contributed by atoms with Crippen molar-refractivity contribution in [1.29, 1.82) is 0 Å². The topological polar surface area (TPSA) is 93.2 Å². The van der Waals surface area contributed by atoms with Crippen molar-refractivity contribution in [2.75, 3.05) is 49.6 Å². The van der Waals surface area contributed by atoms with Gasteiger partial charge in [0.1, 0.15) is 28.5 Å². The zero-order chi connectivity index (χ0) is 29.0. The lowest BCUT2D eigenvalue weighted by molar-refractivity contribution is 0.0240. The number of pyridine rings is 1. The number of benzene rings is 2. The average molecular weight is 557 g/mol. The third-order valence-corrected chi connectivity index (χ3v) is 6.21. The molecule has 3 aromatic rings. The first-order valence-electron chi connectivity index (χ1n) is 13.2. The van der Waals surface area contributed by atoms with E-state index < -0.39 is 23.2 Å². The van der Waals surface area contributed by atoms with Crippen molar-refractivity contribution in [1.82, 2.24) is 9.88 Å². The molecule has 1 saturated heterocycles. The Kier molecular flexibility index (Phi) is 8.61. The van der Waals surface area contributed by atoms with Crippen LogP contribution in [0.4, 0.5) is 30.6 Å². The van der Waals surface area contributed by atoms with E-state index in [9.17, 15) is 18.4 Å². The molecule has 1 N–H and O–H groups in total. The van der Waals surface area contributed by atoms with Gasteiger partial charge in [-0.1, -0.05) is 0 Å². The first-order valence-corrected chi connectivity index (χ1v) is 13.2. The molecule has 4 rings (SSSR count). The Morgan fingerprint density at radius 1 is 1.02 bits per heavy atom. The first-order chi connectivity index (χ1) is 19.0. The maximum absolute atomic E-state index is 14.7. The van der Waals surface area contributed by atoms with Crippen LogP contribution in [0.2, 0.25) is 0 Å². The van der Waals surface area contributed by atoms with Gasteiger partial charge in [-0.2, -0.15) is 0 Å². The monoisotopic (exact) mass is 556 g/mol. The van der Waals surface area contributed by atoms with Gasteiger partial charge in [0.15, 0.2) is 0 Å². The summed E-state index contributed by atoms with van der Waals surface area (Å²) in [5.74, 6) is -1.59. The summed E-state index contributed by atoms with van der Waals surface area (Å²) in [6, 6.07) is 6.73. The number of aromatic nitrogens is 1. The molecule has 11 heteroatoms. The highest BCUT2D eigenvalue weighted by molar-refractivity contribution is 6.07. The Morgan fingerprint density at radius 2 is 1.75 bits per heavy atom. The first kappa shape index (κ1) is 28.8. The number of hydrogen-bond acceptors (Lipinski definition) is 8. The van der Waals surface area contributed by atoms with E-state index in [1.165, 1.54) is 12.3 Å². The number of esters is 1. The van der Waals surface area contributed by atoms with Crippen LogP contribution in [0.3, 0.4) is 0 Å². The average Bonchev–Trinajstić information content (AvgIpc) is 2.89. The number of nitrogens with one attached hydrogen (secondary N) is 1. The van der Waals surface area contributed by atoms with Crippen LogP contribution in [0.25, 0.3) is 10.9 Å². The molecular formula is C29H34F2N4O5. The Hall–Kier alpha value is -4.15. The molecule has 0 bridgehead atoms. The van der Waals surface area contributed by atoms with Gasteiger partial charge >= 0.3 is 12.1 Å². The minimum atomic E-state index is -0.816. The van der Waals surface area contributed by atoms with Crippen molar-refractivity contribution in [3.05, 3.63) is 53.7 Å². The normalized spacial score (nSPS) is 13.8. The molecule has 1 aliphatic heterocycles. The van der Waals surface area contributed by atoms with E-state index in [-0.39, 0.29) is 29.6 Å². The molecule has 9 nitrogen and oxygen atoms in total. The summed E-state index contributed by atoms with van der Waals surface area (Å²) < 4.78 is 44.9. The van der Waals surface area contributed by atoms with Gasteiger partial charge in [-0.05, 0) is 52.8 Å². The molecule has 0 spiro atoms. The van der Waals surface area contributed by atoms with Gasteiger partial charge in [0.05, 0.1) is 35.8 Å². The van der Waals surface area contributed by atoms with E-state index >= 15 is 0 Å². The standard InChI is InChI=1S/C29H34F2N4O5/c1-6-38-25-16-23-19(15-24(25)34-10-12-35(13-11-34)28(37)40-29(3,4)5)26(20(17-32-23)27(36)39-7-2)33-22-9-8-18(30)14-21(22)31/h8-9,14-17H,6-7,10-13H2,1-5H3,(H,32,33). The van der Waals surface area contributed by atoms with Gasteiger partial charge in [0, 0.05) is 49.9 Å². The number of ether oxygens (including phenoxy) is 3. The molecule has 1 amide bonds. The van der Waals surface area contributed by atoms with Crippen LogP contribution in [0, 0.1) is 11.6 Å². The number of hydrogen-bond donors (Lipinski definition) is 1. The summed E-state index contributed by atoms with van der Waals surface area (Å²) >= 11 is 0. The zero-order valence-electron chi connectivity index (χ0n) is 23.3. The van der Waals surface area contributed by atoms with Crippen LogP contribution in [0.15, 0.2) is 36.5 Å². The number of fused-ring (bicyclic) bond motifs is 1. The van der Waals surface area contributed by atoms with E-state index in [1.807, 2.05) is 33.8 Å². The molecule has 214 valence electrons. The molecule has 0 atom stereocenters. The predicted octanol–water partition coefficient (Wildman–Crippen LogP) is 5.89. The van der Waals surface area contributed by atoms with E-state index in [2.05, 4.69) is 15.2 Å². The molecule has 0 saturated carbocycles. The van der Waals surface area contributed by atoms with Crippen molar-refractivity contribution in [3.8, 4) is 5.75 Å². The third-order valence-electron chi connectivity index (χ3n) is 6.21. The number of carbonyl (C=O) groups excluding carboxylic acids is 2. The number of rotatable bonds is 7. The smallest absolute Gasteiger partial charge is 0.410 e. The second-order valence-corrected chi connectivity index (χ2v) is 10.2. The van der Waals surface area contributed by atoms with Gasteiger partial charge in [0.25, 0.3) is 0 Å². The highest BCUT2D eigenvalue weighted by Gasteiger charge is 2.28. The highest BCUT2D eigenvalue weighted by Crippen LogP contribution is 2.39. The third kappa shape index (κ3) is 6.52. The van der Waals surface area contributed by atoms with Gasteiger partial charge in [-0.15, -0.1) is 0 Å². The predicted molar refractivity (Wildman–Crippen MR) is 149 cm³/mol. The number of anilines is 3. The number of nitrogens with zero attached hydrogens (tertiary/aromatic N) is 3. The van der Waals surface area contributed by atoms with Gasteiger partial charge < -0.3 is 29.3 Å². The number of piperazine rings is 1. The zero-order valence-corrected chi connectivity index (χ0v) is 23.3. The lowest BCUT2D eigenvalue weighted by atomic mass is 10.1. The number of amides is 1. The molecule has 2 heterocycles. The fraction of sp³-hybridized carbons (Fsp3) is 0.414. The molecule has 1 fully saturated rings. The van der Waals surface area contributed by atoms with Crippen molar-refractivity contribution >= 4 is 40.0 Å². The van der Waals surface area contributed by atoms with Crippen LogP contribution in [-0.4, -0.2) is 66.9 Å². The summed E-state index contributed by atoms with van der Waals surface area (Å²) in [5.41, 5.74) is 0.988. The Bertz CT molecular complexity index is 1400. The SMILES string of the molecule is CCOC(=O)c1cnc2cc(OCC)c(N3CCN(C(=O)OC(C)(C)C)CC3)cc2c1Nc1ccc(F)cc1F. The van der Waals surface area contributed by atoms with Gasteiger partial charge in [-0.3, -0.25) is 4.98 Å². The minimum absolute atomic E-state index is 0.0131. The van der Waals surface area contributed by atoms with Crippen molar-refractivity contribution in [2.45, 2.75) is 40.2 Å². The second kappa shape index (κ2) is 11.9. The maximum Gasteiger partial charge on any atom is 0.410 e. The Balaban J connectivity index is 1.76. The largest absolute Gasteiger partial charge is 0.492 e. The van der Waals surface area contributed by atoms with Gasteiger partial charge in [-0.25, -0.2) is 18.4 Å². The minimum Gasteiger partial charge on any atom is -0.492 e. The van der Waals surface area contributed by atoms with Gasteiger partial charge in [0.2, 0.25) is 0 Å². The summed E-state index contributed by atoms with van der Waals surface area (Å²) in [7, 11) is 0. The molecular weight excluding hydrogens is 522 g/mol. The highest BCUT2D eigenvalue weighted by atomic mass is 19.1. The second-order valence-electron chi connectivity index (χ2n) is 10.2. The number of halogens is 2. The molecule has 0 aliphatic carbocycles. The fourth-order valence-electron chi connectivity index (χ4n) is 4.41. The van der Waals surface area contributed by atoms with Crippen LogP contribution in [0.1, 0.15) is 45.0 Å². The van der Waals surface area contributed by atoms with E-state index in [0.29, 0.717) is 49.4 Å². The van der Waals surface area contributed by atoms with E-state index in [4.69, 9.17) is 14.2 Å². The summed E-state index contributed by atoms with van der Waals surface area (Å²) in [6.07, 6.45) is 0.991. The Labute approximate surface area is 232 Å². The van der Waals surface area contributed by atoms with Crippen LogP contribution in [0.5, 0.6) is 5.75 Å². The van der Waals surface area contributed by atoms with Crippen molar-refractivity contribution in [3.63, 3.8) is 0 Å². The molecule has 40 heavy (non-hydrogen) atoms. The molecule has 2 aromatic carbocycles. The van der Waals surface area contributed by atoms with Crippen LogP contribution < -0.4 is 15.0 Å². The van der Waals surface area contributed by atoms with Crippen molar-refractivity contribution < 1.29 is 32.6 Å². The molecule has 0 radical (unpaired) electrons.